The Morgan fingerprint density at radius 1 is 1.25 bits per heavy atom. The van der Waals surface area contributed by atoms with Crippen LogP contribution in [-0.4, -0.2) is 23.5 Å². The van der Waals surface area contributed by atoms with Gasteiger partial charge in [-0.1, -0.05) is 13.8 Å². The van der Waals surface area contributed by atoms with Crippen molar-refractivity contribution in [2.45, 2.75) is 40.0 Å². The van der Waals surface area contributed by atoms with E-state index in [0.29, 0.717) is 24.5 Å². The topological polar surface area (TPSA) is 63.6 Å². The zero-order chi connectivity index (χ0) is 15.1. The van der Waals surface area contributed by atoms with Crippen LogP contribution in [0, 0.1) is 12.8 Å². The molecule has 0 unspecified atom stereocenters. The predicted octanol–water partition coefficient (Wildman–Crippen LogP) is 3.47. The summed E-state index contributed by atoms with van der Waals surface area (Å²) in [7, 11) is 0. The van der Waals surface area contributed by atoms with Gasteiger partial charge in [0.05, 0.1) is 6.61 Å². The molecule has 0 radical (unpaired) electrons. The van der Waals surface area contributed by atoms with E-state index in [1.165, 1.54) is 0 Å². The Morgan fingerprint density at radius 3 is 2.50 bits per heavy atom. The summed E-state index contributed by atoms with van der Waals surface area (Å²) in [6, 6.07) is 5.35. The lowest BCUT2D eigenvalue weighted by molar-refractivity contribution is -0.137. The van der Waals surface area contributed by atoms with Crippen molar-refractivity contribution in [3.63, 3.8) is 0 Å². The van der Waals surface area contributed by atoms with Gasteiger partial charge >= 0.3 is 5.97 Å². The Bertz CT molecular complexity index is 477. The molecule has 0 bridgehead atoms. The molecule has 0 aliphatic rings. The van der Waals surface area contributed by atoms with Gasteiger partial charge in [0.2, 0.25) is 0 Å². The first-order chi connectivity index (χ1) is 9.40. The molecule has 20 heavy (non-hydrogen) atoms. The van der Waals surface area contributed by atoms with E-state index in [4.69, 9.17) is 9.84 Å². The van der Waals surface area contributed by atoms with Crippen molar-refractivity contribution in [2.75, 3.05) is 6.61 Å². The van der Waals surface area contributed by atoms with Crippen molar-refractivity contribution in [1.82, 2.24) is 0 Å². The molecule has 0 saturated carbocycles. The minimum absolute atomic E-state index is 0.0234. The highest BCUT2D eigenvalue weighted by atomic mass is 16.5. The van der Waals surface area contributed by atoms with Crippen molar-refractivity contribution < 1.29 is 19.4 Å². The van der Waals surface area contributed by atoms with Gasteiger partial charge in [0.25, 0.3) is 0 Å². The van der Waals surface area contributed by atoms with Crippen LogP contribution < -0.4 is 4.74 Å². The third kappa shape index (κ3) is 5.43. The van der Waals surface area contributed by atoms with Crippen LogP contribution in [0.15, 0.2) is 18.2 Å². The minimum atomic E-state index is -0.869. The third-order valence-corrected chi connectivity index (χ3v) is 2.86. The second kappa shape index (κ2) is 7.68. The van der Waals surface area contributed by atoms with Crippen molar-refractivity contribution >= 4 is 11.8 Å². The predicted molar refractivity (Wildman–Crippen MR) is 77.3 cm³/mol. The van der Waals surface area contributed by atoms with Crippen molar-refractivity contribution in [1.29, 1.82) is 0 Å². The summed E-state index contributed by atoms with van der Waals surface area (Å²) in [4.78, 5) is 22.3. The molecule has 0 amide bonds. The molecule has 1 rings (SSSR count). The molecule has 1 aromatic carbocycles. The van der Waals surface area contributed by atoms with E-state index in [1.807, 2.05) is 13.0 Å². The van der Waals surface area contributed by atoms with Crippen LogP contribution in [0.3, 0.4) is 0 Å². The Morgan fingerprint density at radius 2 is 1.95 bits per heavy atom. The second-order valence-corrected chi connectivity index (χ2v) is 5.36. The molecule has 0 aromatic heterocycles. The van der Waals surface area contributed by atoms with Gasteiger partial charge in [0.1, 0.15) is 5.75 Å². The second-order valence-electron chi connectivity index (χ2n) is 5.36. The fourth-order valence-electron chi connectivity index (χ4n) is 1.79. The number of hydrogen-bond donors (Lipinski definition) is 1. The molecule has 0 heterocycles. The summed E-state index contributed by atoms with van der Waals surface area (Å²) in [6.45, 7) is 6.71. The van der Waals surface area contributed by atoms with Crippen LogP contribution in [0.2, 0.25) is 0 Å². The molecule has 0 saturated heterocycles. The summed E-state index contributed by atoms with van der Waals surface area (Å²) in [5.74, 6) is 0.351. The standard InChI is InChI=1S/C16H22O4/c1-11(2)10-20-15-8-7-13(9-12(15)3)14(17)5-4-6-16(18)19/h7-9,11H,4-6,10H2,1-3H3,(H,18,19). The summed E-state index contributed by atoms with van der Waals surface area (Å²) >= 11 is 0. The number of Topliss-reactive ketones (excluding diaryl/α,β-unsaturated/α-hetero) is 1. The molecule has 4 heteroatoms. The average Bonchev–Trinajstić information content (AvgIpc) is 2.36. The van der Waals surface area contributed by atoms with Crippen molar-refractivity contribution in [2.24, 2.45) is 5.92 Å². The maximum absolute atomic E-state index is 11.9. The monoisotopic (exact) mass is 278 g/mol. The molecule has 0 aliphatic carbocycles. The minimum Gasteiger partial charge on any atom is -0.493 e. The normalized spacial score (nSPS) is 10.6. The number of benzene rings is 1. The quantitative estimate of drug-likeness (QED) is 0.739. The molecule has 1 aromatic rings. The number of hydrogen-bond acceptors (Lipinski definition) is 3. The van der Waals surface area contributed by atoms with Crippen LogP contribution >= 0.6 is 0 Å². The first-order valence-electron chi connectivity index (χ1n) is 6.88. The lowest BCUT2D eigenvalue weighted by Gasteiger charge is -2.12. The third-order valence-electron chi connectivity index (χ3n) is 2.86. The number of aliphatic carboxylic acids is 1. The first-order valence-corrected chi connectivity index (χ1v) is 6.88. The zero-order valence-electron chi connectivity index (χ0n) is 12.3. The van der Waals surface area contributed by atoms with E-state index < -0.39 is 5.97 Å². The lowest BCUT2D eigenvalue weighted by atomic mass is 10.0. The number of carbonyl (C=O) groups excluding carboxylic acids is 1. The van der Waals surface area contributed by atoms with Crippen molar-refractivity contribution in [3.8, 4) is 5.75 Å². The van der Waals surface area contributed by atoms with Gasteiger partial charge in [-0.15, -0.1) is 0 Å². The number of carbonyl (C=O) groups is 2. The first kappa shape index (κ1) is 16.2. The van der Waals surface area contributed by atoms with Gasteiger partial charge in [-0.25, -0.2) is 0 Å². The van der Waals surface area contributed by atoms with Crippen LogP contribution in [0.1, 0.15) is 49.0 Å². The van der Waals surface area contributed by atoms with Gasteiger partial charge < -0.3 is 9.84 Å². The van der Waals surface area contributed by atoms with E-state index in [-0.39, 0.29) is 18.6 Å². The van der Waals surface area contributed by atoms with Gasteiger partial charge in [-0.2, -0.15) is 0 Å². The molecular weight excluding hydrogens is 256 g/mol. The number of ether oxygens (including phenoxy) is 1. The molecular formula is C16H22O4. The Kier molecular flexibility index (Phi) is 6.22. The molecule has 0 atom stereocenters. The Balaban J connectivity index is 2.61. The van der Waals surface area contributed by atoms with Gasteiger partial charge in [0, 0.05) is 18.4 Å². The molecule has 0 fully saturated rings. The summed E-state index contributed by atoms with van der Waals surface area (Å²) in [5, 5.41) is 8.55. The van der Waals surface area contributed by atoms with Gasteiger partial charge in [0.15, 0.2) is 5.78 Å². The fraction of sp³-hybridized carbons (Fsp3) is 0.500. The lowest BCUT2D eigenvalue weighted by Crippen LogP contribution is -2.06. The van der Waals surface area contributed by atoms with Gasteiger partial charge in [-0.05, 0) is 43.0 Å². The van der Waals surface area contributed by atoms with Crippen LogP contribution in [-0.2, 0) is 4.79 Å². The zero-order valence-corrected chi connectivity index (χ0v) is 12.3. The fourth-order valence-corrected chi connectivity index (χ4v) is 1.79. The largest absolute Gasteiger partial charge is 0.493 e. The number of carboxylic acid groups (broad SMARTS) is 1. The van der Waals surface area contributed by atoms with E-state index in [1.54, 1.807) is 12.1 Å². The molecule has 0 spiro atoms. The van der Waals surface area contributed by atoms with Gasteiger partial charge in [-0.3, -0.25) is 9.59 Å². The number of ketones is 1. The van der Waals surface area contributed by atoms with Crippen LogP contribution in [0.5, 0.6) is 5.75 Å². The number of aryl methyl sites for hydroxylation is 1. The molecule has 4 nitrogen and oxygen atoms in total. The van der Waals surface area contributed by atoms with Crippen LogP contribution in [0.25, 0.3) is 0 Å². The molecule has 0 aliphatic heterocycles. The average molecular weight is 278 g/mol. The maximum Gasteiger partial charge on any atom is 0.303 e. The summed E-state index contributed by atoms with van der Waals surface area (Å²) < 4.78 is 5.66. The number of carboxylic acids is 1. The SMILES string of the molecule is Cc1cc(C(=O)CCCC(=O)O)ccc1OCC(C)C. The van der Waals surface area contributed by atoms with E-state index >= 15 is 0 Å². The number of rotatable bonds is 8. The van der Waals surface area contributed by atoms with E-state index in [2.05, 4.69) is 13.8 Å². The summed E-state index contributed by atoms with van der Waals surface area (Å²) in [5.41, 5.74) is 1.54. The molecule has 110 valence electrons. The highest BCUT2D eigenvalue weighted by molar-refractivity contribution is 5.96. The van der Waals surface area contributed by atoms with E-state index in [0.717, 1.165) is 11.3 Å². The highest BCUT2D eigenvalue weighted by Crippen LogP contribution is 2.21. The Labute approximate surface area is 119 Å². The van der Waals surface area contributed by atoms with E-state index in [9.17, 15) is 9.59 Å². The smallest absolute Gasteiger partial charge is 0.303 e. The van der Waals surface area contributed by atoms with Crippen molar-refractivity contribution in [3.05, 3.63) is 29.3 Å². The maximum atomic E-state index is 11.9. The Hall–Kier alpha value is -1.84. The van der Waals surface area contributed by atoms with Crippen LogP contribution in [0.4, 0.5) is 0 Å². The highest BCUT2D eigenvalue weighted by Gasteiger charge is 2.10. The summed E-state index contributed by atoms with van der Waals surface area (Å²) in [6.07, 6.45) is 0.664. The molecule has 1 N–H and O–H groups in total.